The predicted molar refractivity (Wildman–Crippen MR) is 91.5 cm³/mol. The number of hydrogen-bond donors (Lipinski definition) is 1. The topological polar surface area (TPSA) is 56.2 Å². The summed E-state index contributed by atoms with van der Waals surface area (Å²) < 4.78 is 30.2. The molecule has 7 heteroatoms. The average Bonchev–Trinajstić information content (AvgIpc) is 2.79. The number of ether oxygens (including phenoxy) is 1. The van der Waals surface area contributed by atoms with Gasteiger partial charge in [0, 0.05) is 30.9 Å². The largest absolute Gasteiger partial charge is 0.435 e. The Labute approximate surface area is 145 Å². The summed E-state index contributed by atoms with van der Waals surface area (Å²) in [4.78, 5) is 11.9. The highest BCUT2D eigenvalue weighted by molar-refractivity contribution is 5.92. The lowest BCUT2D eigenvalue weighted by atomic mass is 10.1. The van der Waals surface area contributed by atoms with Gasteiger partial charge >= 0.3 is 6.61 Å². The fourth-order valence-corrected chi connectivity index (χ4v) is 2.42. The summed E-state index contributed by atoms with van der Waals surface area (Å²) in [5.74, 6) is -0.0757. The third kappa shape index (κ3) is 5.41. The molecule has 0 aliphatic rings. The molecule has 1 aromatic heterocycles. The first-order valence-corrected chi connectivity index (χ1v) is 7.86. The van der Waals surface area contributed by atoms with Crippen LogP contribution in [-0.4, -0.2) is 28.8 Å². The molecule has 134 valence electrons. The highest BCUT2D eigenvalue weighted by Gasteiger charge is 2.07. The summed E-state index contributed by atoms with van der Waals surface area (Å²) in [5.41, 5.74) is 3.72. The van der Waals surface area contributed by atoms with Gasteiger partial charge in [0.15, 0.2) is 0 Å². The number of aromatic nitrogens is 2. The molecule has 2 aromatic rings. The van der Waals surface area contributed by atoms with Crippen molar-refractivity contribution in [2.24, 2.45) is 7.05 Å². The molecule has 0 radical (unpaired) electrons. The molecule has 0 fully saturated rings. The second-order valence-corrected chi connectivity index (χ2v) is 5.60. The van der Waals surface area contributed by atoms with Crippen molar-refractivity contribution in [2.75, 3.05) is 6.54 Å². The van der Waals surface area contributed by atoms with Crippen LogP contribution in [0.5, 0.6) is 5.75 Å². The molecular weight excluding hydrogens is 328 g/mol. The average molecular weight is 349 g/mol. The smallest absolute Gasteiger partial charge is 0.387 e. The van der Waals surface area contributed by atoms with E-state index in [-0.39, 0.29) is 11.7 Å². The highest BCUT2D eigenvalue weighted by Crippen LogP contribution is 2.15. The number of aryl methyl sites for hydroxylation is 2. The van der Waals surface area contributed by atoms with Gasteiger partial charge < -0.3 is 10.1 Å². The van der Waals surface area contributed by atoms with Crippen LogP contribution in [0.1, 0.15) is 22.5 Å². The number of nitrogens with one attached hydrogen (secondary N) is 1. The standard InChI is InChI=1S/C18H21F2N3O2/c1-12-16(13(2)23(3)22-12)8-9-17(24)21-11-10-14-4-6-15(7-5-14)25-18(19)20/h4-9,18H,10-11H2,1-3H3,(H,21,24)/b9-8+. The quantitative estimate of drug-likeness (QED) is 0.782. The van der Waals surface area contributed by atoms with E-state index in [1.807, 2.05) is 20.9 Å². The van der Waals surface area contributed by atoms with E-state index >= 15 is 0 Å². The van der Waals surface area contributed by atoms with Crippen molar-refractivity contribution in [3.63, 3.8) is 0 Å². The number of rotatable bonds is 7. The van der Waals surface area contributed by atoms with Crippen LogP contribution in [-0.2, 0) is 18.3 Å². The summed E-state index contributed by atoms with van der Waals surface area (Å²) >= 11 is 0. The first-order valence-electron chi connectivity index (χ1n) is 7.86. The summed E-state index contributed by atoms with van der Waals surface area (Å²) in [6.45, 7) is 1.46. The van der Waals surface area contributed by atoms with E-state index < -0.39 is 6.61 Å². The van der Waals surface area contributed by atoms with Crippen molar-refractivity contribution in [1.29, 1.82) is 0 Å². The molecule has 0 unspecified atom stereocenters. The molecular formula is C18H21F2N3O2. The molecule has 1 amide bonds. The molecule has 1 heterocycles. The van der Waals surface area contributed by atoms with Crippen LogP contribution >= 0.6 is 0 Å². The second-order valence-electron chi connectivity index (χ2n) is 5.60. The number of alkyl halides is 2. The van der Waals surface area contributed by atoms with Crippen molar-refractivity contribution in [3.05, 3.63) is 52.9 Å². The molecule has 0 spiro atoms. The zero-order chi connectivity index (χ0) is 18.4. The zero-order valence-corrected chi connectivity index (χ0v) is 14.4. The number of halogens is 2. The molecule has 0 aliphatic heterocycles. The van der Waals surface area contributed by atoms with E-state index in [4.69, 9.17) is 0 Å². The first kappa shape index (κ1) is 18.6. The van der Waals surface area contributed by atoms with Crippen molar-refractivity contribution in [1.82, 2.24) is 15.1 Å². The third-order valence-corrected chi connectivity index (χ3v) is 3.83. The lowest BCUT2D eigenvalue weighted by Gasteiger charge is -2.06. The predicted octanol–water partition coefficient (Wildman–Crippen LogP) is 3.01. The second kappa shape index (κ2) is 8.41. The number of amides is 1. The Balaban J connectivity index is 1.81. The molecule has 0 atom stereocenters. The molecule has 1 aromatic carbocycles. The minimum Gasteiger partial charge on any atom is -0.435 e. The summed E-state index contributed by atoms with van der Waals surface area (Å²) in [6.07, 6.45) is 3.83. The van der Waals surface area contributed by atoms with E-state index in [1.54, 1.807) is 22.9 Å². The van der Waals surface area contributed by atoms with Gasteiger partial charge in [0.05, 0.1) is 5.69 Å². The highest BCUT2D eigenvalue weighted by atomic mass is 19.3. The van der Waals surface area contributed by atoms with Gasteiger partial charge in [0.1, 0.15) is 5.75 Å². The Kier molecular flexibility index (Phi) is 6.27. The molecule has 25 heavy (non-hydrogen) atoms. The Morgan fingerprint density at radius 3 is 2.56 bits per heavy atom. The van der Waals surface area contributed by atoms with Gasteiger partial charge in [-0.25, -0.2) is 0 Å². The summed E-state index contributed by atoms with van der Waals surface area (Å²) in [6, 6.07) is 6.36. The number of benzene rings is 1. The Bertz CT molecular complexity index is 752. The van der Waals surface area contributed by atoms with Gasteiger partial charge in [-0.1, -0.05) is 12.1 Å². The molecule has 0 saturated carbocycles. The van der Waals surface area contributed by atoms with Gasteiger partial charge in [-0.05, 0) is 44.0 Å². The van der Waals surface area contributed by atoms with Crippen LogP contribution in [0, 0.1) is 13.8 Å². The Hall–Kier alpha value is -2.70. The van der Waals surface area contributed by atoms with Gasteiger partial charge in [0.25, 0.3) is 0 Å². The number of hydrogen-bond acceptors (Lipinski definition) is 3. The minimum atomic E-state index is -2.83. The van der Waals surface area contributed by atoms with E-state index in [0.717, 1.165) is 22.5 Å². The van der Waals surface area contributed by atoms with Crippen LogP contribution in [0.4, 0.5) is 8.78 Å². The van der Waals surface area contributed by atoms with Crippen LogP contribution in [0.15, 0.2) is 30.3 Å². The number of carbonyl (C=O) groups is 1. The van der Waals surface area contributed by atoms with Gasteiger partial charge in [-0.15, -0.1) is 0 Å². The minimum absolute atomic E-state index is 0.118. The fraction of sp³-hybridized carbons (Fsp3) is 0.333. The Morgan fingerprint density at radius 1 is 1.32 bits per heavy atom. The van der Waals surface area contributed by atoms with E-state index in [2.05, 4.69) is 15.2 Å². The van der Waals surface area contributed by atoms with Crippen molar-refractivity contribution < 1.29 is 18.3 Å². The summed E-state index contributed by atoms with van der Waals surface area (Å²) in [7, 11) is 1.86. The van der Waals surface area contributed by atoms with Gasteiger partial charge in [0.2, 0.25) is 5.91 Å². The lowest BCUT2D eigenvalue weighted by molar-refractivity contribution is -0.116. The molecule has 1 N–H and O–H groups in total. The molecule has 0 saturated heterocycles. The Morgan fingerprint density at radius 2 is 2.00 bits per heavy atom. The van der Waals surface area contributed by atoms with E-state index in [9.17, 15) is 13.6 Å². The monoisotopic (exact) mass is 349 g/mol. The molecule has 0 bridgehead atoms. The lowest BCUT2D eigenvalue weighted by Crippen LogP contribution is -2.23. The van der Waals surface area contributed by atoms with Crippen LogP contribution < -0.4 is 10.1 Å². The SMILES string of the molecule is Cc1nn(C)c(C)c1/C=C/C(=O)NCCc1ccc(OC(F)F)cc1. The van der Waals surface area contributed by atoms with Crippen molar-refractivity contribution in [2.45, 2.75) is 26.9 Å². The van der Waals surface area contributed by atoms with Gasteiger partial charge in [-0.3, -0.25) is 9.48 Å². The van der Waals surface area contributed by atoms with Crippen LogP contribution in [0.3, 0.4) is 0 Å². The fourth-order valence-electron chi connectivity index (χ4n) is 2.42. The zero-order valence-electron chi connectivity index (χ0n) is 14.4. The first-order chi connectivity index (χ1) is 11.9. The molecule has 2 rings (SSSR count). The van der Waals surface area contributed by atoms with Crippen LogP contribution in [0.25, 0.3) is 6.08 Å². The maximum absolute atomic E-state index is 12.1. The number of carbonyl (C=O) groups excluding carboxylic acids is 1. The molecule has 0 aliphatic carbocycles. The van der Waals surface area contributed by atoms with Crippen molar-refractivity contribution in [3.8, 4) is 5.75 Å². The van der Waals surface area contributed by atoms with E-state index in [0.29, 0.717) is 13.0 Å². The van der Waals surface area contributed by atoms with Crippen LogP contribution in [0.2, 0.25) is 0 Å². The van der Waals surface area contributed by atoms with Crippen molar-refractivity contribution >= 4 is 12.0 Å². The number of nitrogens with zero attached hydrogens (tertiary/aromatic N) is 2. The van der Waals surface area contributed by atoms with Gasteiger partial charge in [-0.2, -0.15) is 13.9 Å². The molecule has 5 nitrogen and oxygen atoms in total. The third-order valence-electron chi connectivity index (χ3n) is 3.83. The summed E-state index contributed by atoms with van der Waals surface area (Å²) in [5, 5.41) is 7.08. The normalized spacial score (nSPS) is 11.3. The maximum atomic E-state index is 12.1. The van der Waals surface area contributed by atoms with E-state index in [1.165, 1.54) is 18.2 Å². The maximum Gasteiger partial charge on any atom is 0.387 e.